The number of carbonyl (C=O) groups excluding carboxylic acids is 1. The lowest BCUT2D eigenvalue weighted by Crippen LogP contribution is -2.12. The van der Waals surface area contributed by atoms with Gasteiger partial charge in [-0.2, -0.15) is 0 Å². The van der Waals surface area contributed by atoms with Crippen LogP contribution in [0.3, 0.4) is 0 Å². The quantitative estimate of drug-likeness (QED) is 0.537. The highest BCUT2D eigenvalue weighted by molar-refractivity contribution is 7.14. The van der Waals surface area contributed by atoms with Crippen LogP contribution >= 0.6 is 11.3 Å². The monoisotopic (exact) mass is 350 g/mol. The number of aromatic amines is 1. The Balaban J connectivity index is 1.38. The van der Waals surface area contributed by atoms with Crippen LogP contribution in [0.2, 0.25) is 0 Å². The van der Waals surface area contributed by atoms with Gasteiger partial charge in [-0.15, -0.1) is 11.3 Å². The largest absolute Gasteiger partial charge is 0.360 e. The average Bonchev–Trinajstić information content (AvgIpc) is 3.35. The van der Waals surface area contributed by atoms with E-state index in [-0.39, 0.29) is 5.91 Å². The Kier molecular flexibility index (Phi) is 4.35. The Hall–Kier alpha value is -2.86. The number of aryl methyl sites for hydroxylation is 1. The Morgan fingerprint density at radius 1 is 1.20 bits per heavy atom. The summed E-state index contributed by atoms with van der Waals surface area (Å²) in [5.41, 5.74) is 3.02. The van der Waals surface area contributed by atoms with E-state index in [1.807, 2.05) is 54.3 Å². The standard InChI is InChI=1S/C19H18N4OS/c24-18(8-5-11-23-9-3-4-10-23)22-19-21-17(13-25-19)15-12-20-16-7-2-1-6-14(15)16/h1-4,6-7,9-10,12-13,20H,5,8,11H2,(H,21,22,24). The van der Waals surface area contributed by atoms with Gasteiger partial charge < -0.3 is 14.9 Å². The molecule has 4 rings (SSSR count). The number of hydrogen-bond donors (Lipinski definition) is 2. The summed E-state index contributed by atoms with van der Waals surface area (Å²) < 4.78 is 2.08. The first-order valence-corrected chi connectivity index (χ1v) is 9.10. The second-order valence-corrected chi connectivity index (χ2v) is 6.72. The molecule has 0 spiro atoms. The molecule has 0 saturated heterocycles. The second-order valence-electron chi connectivity index (χ2n) is 5.86. The van der Waals surface area contributed by atoms with Crippen molar-refractivity contribution in [1.82, 2.24) is 14.5 Å². The van der Waals surface area contributed by atoms with Crippen LogP contribution in [-0.2, 0) is 11.3 Å². The molecule has 0 atom stereocenters. The maximum absolute atomic E-state index is 12.1. The average molecular weight is 350 g/mol. The molecule has 0 aliphatic carbocycles. The molecule has 0 bridgehead atoms. The number of H-pyrrole nitrogens is 1. The molecule has 0 unspecified atom stereocenters. The van der Waals surface area contributed by atoms with Crippen LogP contribution in [0.5, 0.6) is 0 Å². The predicted molar refractivity (Wildman–Crippen MR) is 102 cm³/mol. The number of carbonyl (C=O) groups is 1. The normalized spacial score (nSPS) is 11.0. The molecular weight excluding hydrogens is 332 g/mol. The van der Waals surface area contributed by atoms with Crippen LogP contribution in [0.15, 0.2) is 60.4 Å². The van der Waals surface area contributed by atoms with Crippen LogP contribution in [0, 0.1) is 0 Å². The van der Waals surface area contributed by atoms with E-state index in [9.17, 15) is 4.79 Å². The minimum Gasteiger partial charge on any atom is -0.360 e. The zero-order chi connectivity index (χ0) is 17.1. The molecule has 3 heterocycles. The summed E-state index contributed by atoms with van der Waals surface area (Å²) >= 11 is 1.45. The van der Waals surface area contributed by atoms with E-state index in [0.29, 0.717) is 11.6 Å². The summed E-state index contributed by atoms with van der Waals surface area (Å²) in [6.45, 7) is 0.846. The number of hydrogen-bond acceptors (Lipinski definition) is 3. The van der Waals surface area contributed by atoms with Crippen molar-refractivity contribution in [3.8, 4) is 11.3 Å². The molecule has 4 aromatic rings. The molecule has 6 heteroatoms. The summed E-state index contributed by atoms with van der Waals surface area (Å²) in [5.74, 6) is 0.00647. The van der Waals surface area contributed by atoms with Crippen LogP contribution in [-0.4, -0.2) is 20.4 Å². The highest BCUT2D eigenvalue weighted by atomic mass is 32.1. The van der Waals surface area contributed by atoms with Gasteiger partial charge >= 0.3 is 0 Å². The fourth-order valence-electron chi connectivity index (χ4n) is 2.86. The topological polar surface area (TPSA) is 62.7 Å². The van der Waals surface area contributed by atoms with E-state index < -0.39 is 0 Å². The van der Waals surface area contributed by atoms with E-state index in [2.05, 4.69) is 25.9 Å². The van der Waals surface area contributed by atoms with E-state index in [4.69, 9.17) is 0 Å². The van der Waals surface area contributed by atoms with Crippen molar-refractivity contribution in [2.75, 3.05) is 5.32 Å². The number of thiazole rings is 1. The fraction of sp³-hybridized carbons (Fsp3) is 0.158. The molecule has 3 aromatic heterocycles. The van der Waals surface area contributed by atoms with Gasteiger partial charge in [0.05, 0.1) is 5.69 Å². The molecular formula is C19H18N4OS. The SMILES string of the molecule is O=C(CCCn1cccc1)Nc1nc(-c2c[nH]c3ccccc23)cs1. The van der Waals surface area contributed by atoms with Crippen molar-refractivity contribution >= 4 is 33.3 Å². The van der Waals surface area contributed by atoms with Crippen LogP contribution in [0.25, 0.3) is 22.2 Å². The highest BCUT2D eigenvalue weighted by Gasteiger charge is 2.11. The van der Waals surface area contributed by atoms with E-state index in [1.54, 1.807) is 0 Å². The van der Waals surface area contributed by atoms with Gasteiger partial charge in [-0.3, -0.25) is 4.79 Å². The van der Waals surface area contributed by atoms with Crippen LogP contribution < -0.4 is 5.32 Å². The van der Waals surface area contributed by atoms with Crippen LogP contribution in [0.4, 0.5) is 5.13 Å². The summed E-state index contributed by atoms with van der Waals surface area (Å²) in [6.07, 6.45) is 7.27. The van der Waals surface area contributed by atoms with Gasteiger partial charge in [0.25, 0.3) is 0 Å². The summed E-state index contributed by atoms with van der Waals surface area (Å²) in [4.78, 5) is 19.9. The lowest BCUT2D eigenvalue weighted by atomic mass is 10.1. The Labute approximate surface area is 149 Å². The third-order valence-corrected chi connectivity index (χ3v) is 4.86. The number of nitrogens with zero attached hydrogens (tertiary/aromatic N) is 2. The predicted octanol–water partition coefficient (Wildman–Crippen LogP) is 4.51. The van der Waals surface area contributed by atoms with Crippen LogP contribution in [0.1, 0.15) is 12.8 Å². The number of benzene rings is 1. The number of aromatic nitrogens is 3. The molecule has 0 aliphatic heterocycles. The van der Waals surface area contributed by atoms with Crippen molar-refractivity contribution < 1.29 is 4.79 Å². The van der Waals surface area contributed by atoms with Gasteiger partial charge in [-0.05, 0) is 24.6 Å². The third-order valence-electron chi connectivity index (χ3n) is 4.10. The maximum Gasteiger partial charge on any atom is 0.226 e. The number of anilines is 1. The first-order valence-electron chi connectivity index (χ1n) is 8.22. The van der Waals surface area contributed by atoms with Gasteiger partial charge in [-0.1, -0.05) is 18.2 Å². The smallest absolute Gasteiger partial charge is 0.226 e. The minimum absolute atomic E-state index is 0.00647. The highest BCUT2D eigenvalue weighted by Crippen LogP contribution is 2.30. The summed E-state index contributed by atoms with van der Waals surface area (Å²) in [6, 6.07) is 12.1. The number of fused-ring (bicyclic) bond motifs is 1. The number of rotatable bonds is 6. The molecule has 126 valence electrons. The number of nitrogens with one attached hydrogen (secondary N) is 2. The first kappa shape index (κ1) is 15.7. The van der Waals surface area contributed by atoms with Gasteiger partial charge in [-0.25, -0.2) is 4.98 Å². The number of amides is 1. The lowest BCUT2D eigenvalue weighted by molar-refractivity contribution is -0.116. The van der Waals surface area contributed by atoms with Crippen molar-refractivity contribution in [3.05, 3.63) is 60.4 Å². The first-order chi connectivity index (χ1) is 12.3. The fourth-order valence-corrected chi connectivity index (χ4v) is 3.59. The van der Waals surface area contributed by atoms with Crippen molar-refractivity contribution in [2.45, 2.75) is 19.4 Å². The van der Waals surface area contributed by atoms with Gasteiger partial charge in [0.2, 0.25) is 5.91 Å². The van der Waals surface area contributed by atoms with Crippen molar-refractivity contribution in [2.24, 2.45) is 0 Å². The van der Waals surface area contributed by atoms with Gasteiger partial charge in [0, 0.05) is 53.4 Å². The van der Waals surface area contributed by atoms with Gasteiger partial charge in [0.1, 0.15) is 0 Å². The molecule has 25 heavy (non-hydrogen) atoms. The molecule has 1 aromatic carbocycles. The second kappa shape index (κ2) is 6.94. The Morgan fingerprint density at radius 2 is 2.04 bits per heavy atom. The van der Waals surface area contributed by atoms with Crippen molar-refractivity contribution in [1.29, 1.82) is 0 Å². The molecule has 0 radical (unpaired) electrons. The van der Waals surface area contributed by atoms with Crippen molar-refractivity contribution in [3.63, 3.8) is 0 Å². The Bertz CT molecular complexity index is 984. The van der Waals surface area contributed by atoms with E-state index >= 15 is 0 Å². The molecule has 0 saturated carbocycles. The van der Waals surface area contributed by atoms with E-state index in [0.717, 1.165) is 35.1 Å². The van der Waals surface area contributed by atoms with Gasteiger partial charge in [0.15, 0.2) is 5.13 Å². The van der Waals surface area contributed by atoms with E-state index in [1.165, 1.54) is 11.3 Å². The minimum atomic E-state index is 0.00647. The Morgan fingerprint density at radius 3 is 2.92 bits per heavy atom. The zero-order valence-electron chi connectivity index (χ0n) is 13.6. The lowest BCUT2D eigenvalue weighted by Gasteiger charge is -2.03. The molecule has 2 N–H and O–H groups in total. The molecule has 5 nitrogen and oxygen atoms in total. The summed E-state index contributed by atoms with van der Waals surface area (Å²) in [5, 5.41) is 6.66. The maximum atomic E-state index is 12.1. The molecule has 0 aliphatic rings. The third kappa shape index (κ3) is 3.49. The zero-order valence-corrected chi connectivity index (χ0v) is 14.4. The molecule has 1 amide bonds. The number of para-hydroxylation sites is 1. The molecule has 0 fully saturated rings. The summed E-state index contributed by atoms with van der Waals surface area (Å²) in [7, 11) is 0.